The van der Waals surface area contributed by atoms with E-state index in [-0.39, 0.29) is 5.91 Å². The third-order valence-electron chi connectivity index (χ3n) is 2.33. The lowest BCUT2D eigenvalue weighted by molar-refractivity contribution is -0.119. The zero-order chi connectivity index (χ0) is 14.6. The van der Waals surface area contributed by atoms with E-state index >= 15 is 0 Å². The zero-order valence-corrected chi connectivity index (χ0v) is 11.8. The molecule has 1 amide bonds. The molecule has 0 saturated heterocycles. The number of carbonyl (C=O) groups is 1. The van der Waals surface area contributed by atoms with Crippen LogP contribution in [0.5, 0.6) is 0 Å². The zero-order valence-electron chi connectivity index (χ0n) is 11.0. The van der Waals surface area contributed by atoms with Gasteiger partial charge < -0.3 is 5.73 Å². The first-order valence-corrected chi connectivity index (χ1v) is 6.52. The van der Waals surface area contributed by atoms with E-state index in [4.69, 9.17) is 0 Å². The number of para-hydroxylation sites is 1. The first-order valence-electron chi connectivity index (χ1n) is 6.05. The Morgan fingerprint density at radius 2 is 1.55 bits per heavy atom. The van der Waals surface area contributed by atoms with Gasteiger partial charge in [0.1, 0.15) is 0 Å². The number of rotatable bonds is 4. The first-order chi connectivity index (χ1) is 9.76. The maximum Gasteiger partial charge on any atom is 0.242 e. The lowest BCUT2D eigenvalue weighted by Crippen LogP contribution is -2.30. The van der Waals surface area contributed by atoms with Crippen LogP contribution in [0, 0.1) is 0 Å². The third-order valence-corrected chi connectivity index (χ3v) is 2.33. The smallest absolute Gasteiger partial charge is 0.242 e. The number of hydrogen-bond donors (Lipinski definition) is 3. The molecule has 4 N–H and O–H groups in total. The van der Waals surface area contributed by atoms with Crippen LogP contribution >= 0.6 is 12.2 Å². The average Bonchev–Trinajstić information content (AvgIpc) is 2.48. The van der Waals surface area contributed by atoms with Crippen LogP contribution in [0.15, 0.2) is 60.7 Å². The highest BCUT2D eigenvalue weighted by molar-refractivity contribution is 7.78. The number of nitrogens with two attached hydrogens (primary N) is 1. The summed E-state index contributed by atoms with van der Waals surface area (Å²) < 4.78 is 0. The molecule has 0 atom stereocenters. The van der Waals surface area contributed by atoms with Gasteiger partial charge in [0.2, 0.25) is 5.91 Å². The SMILES string of the molecule is NC=S.O=C(Cc1ccccc1)NNc1ccccc1. The van der Waals surface area contributed by atoms with Crippen molar-refractivity contribution < 1.29 is 4.79 Å². The second-order valence-electron chi connectivity index (χ2n) is 3.84. The predicted molar refractivity (Wildman–Crippen MR) is 86.2 cm³/mol. The number of nitrogens with one attached hydrogen (secondary N) is 2. The molecular formula is C15H17N3OS. The molecule has 0 radical (unpaired) electrons. The molecule has 0 heterocycles. The fourth-order valence-electron chi connectivity index (χ4n) is 1.49. The van der Waals surface area contributed by atoms with E-state index in [9.17, 15) is 4.79 Å². The average molecular weight is 287 g/mol. The van der Waals surface area contributed by atoms with Gasteiger partial charge >= 0.3 is 0 Å². The first kappa shape index (κ1) is 15.7. The second kappa shape index (κ2) is 9.52. The van der Waals surface area contributed by atoms with Crippen molar-refractivity contribution in [3.63, 3.8) is 0 Å². The number of benzene rings is 2. The van der Waals surface area contributed by atoms with Crippen molar-refractivity contribution >= 4 is 29.3 Å². The summed E-state index contributed by atoms with van der Waals surface area (Å²) in [6, 6.07) is 19.2. The highest BCUT2D eigenvalue weighted by atomic mass is 32.1. The Kier molecular flexibility index (Phi) is 7.45. The molecule has 0 spiro atoms. The lowest BCUT2D eigenvalue weighted by Gasteiger charge is -2.08. The van der Waals surface area contributed by atoms with Crippen molar-refractivity contribution in [3.8, 4) is 0 Å². The van der Waals surface area contributed by atoms with Gasteiger partial charge in [-0.05, 0) is 17.7 Å². The van der Waals surface area contributed by atoms with Crippen LogP contribution in [0.3, 0.4) is 0 Å². The predicted octanol–water partition coefficient (Wildman–Crippen LogP) is 2.27. The van der Waals surface area contributed by atoms with Gasteiger partial charge in [0.25, 0.3) is 0 Å². The van der Waals surface area contributed by atoms with Crippen LogP contribution in [0.2, 0.25) is 0 Å². The molecule has 104 valence electrons. The number of thiocarbonyl (C=S) groups is 1. The molecule has 2 rings (SSSR count). The minimum Gasteiger partial charge on any atom is -0.396 e. The molecule has 0 unspecified atom stereocenters. The molecule has 2 aromatic carbocycles. The number of amides is 1. The van der Waals surface area contributed by atoms with Gasteiger partial charge in [0.15, 0.2) is 0 Å². The summed E-state index contributed by atoms with van der Waals surface area (Å²) in [7, 11) is 0. The van der Waals surface area contributed by atoms with Crippen LogP contribution < -0.4 is 16.6 Å². The summed E-state index contributed by atoms with van der Waals surface area (Å²) >= 11 is 4.05. The summed E-state index contributed by atoms with van der Waals surface area (Å²) in [4.78, 5) is 11.6. The molecule has 20 heavy (non-hydrogen) atoms. The van der Waals surface area contributed by atoms with Crippen LogP contribution in [0.1, 0.15) is 5.56 Å². The van der Waals surface area contributed by atoms with Crippen LogP contribution in [0.25, 0.3) is 0 Å². The summed E-state index contributed by atoms with van der Waals surface area (Å²) in [6.07, 6.45) is 0.376. The Labute approximate surface area is 124 Å². The molecule has 0 aromatic heterocycles. The van der Waals surface area contributed by atoms with E-state index < -0.39 is 0 Å². The van der Waals surface area contributed by atoms with Gasteiger partial charge in [-0.1, -0.05) is 60.7 Å². The third kappa shape index (κ3) is 6.51. The molecule has 0 aliphatic carbocycles. The van der Waals surface area contributed by atoms with Gasteiger partial charge in [-0.2, -0.15) is 0 Å². The van der Waals surface area contributed by atoms with Crippen LogP contribution in [0.4, 0.5) is 5.69 Å². The largest absolute Gasteiger partial charge is 0.396 e. The van der Waals surface area contributed by atoms with Gasteiger partial charge in [-0.15, -0.1) is 0 Å². The Morgan fingerprint density at radius 1 is 1.05 bits per heavy atom. The van der Waals surface area contributed by atoms with E-state index in [1.807, 2.05) is 60.7 Å². The molecule has 4 nitrogen and oxygen atoms in total. The van der Waals surface area contributed by atoms with Crippen molar-refractivity contribution in [2.24, 2.45) is 5.73 Å². The molecular weight excluding hydrogens is 270 g/mol. The van der Waals surface area contributed by atoms with E-state index in [1.54, 1.807) is 0 Å². The normalized spacial score (nSPS) is 8.80. The molecule has 5 heteroatoms. The topological polar surface area (TPSA) is 67.2 Å². The summed E-state index contributed by atoms with van der Waals surface area (Å²) in [5.41, 5.74) is 13.0. The summed E-state index contributed by atoms with van der Waals surface area (Å²) in [5, 5.41) is 0. The Morgan fingerprint density at radius 3 is 2.10 bits per heavy atom. The molecule has 0 fully saturated rings. The number of carbonyl (C=O) groups excluding carboxylic acids is 1. The van der Waals surface area contributed by atoms with E-state index in [1.165, 1.54) is 0 Å². The monoisotopic (exact) mass is 287 g/mol. The maximum atomic E-state index is 11.6. The minimum absolute atomic E-state index is 0.0555. The van der Waals surface area contributed by atoms with Crippen LogP contribution in [-0.4, -0.2) is 11.4 Å². The fraction of sp³-hybridized carbons (Fsp3) is 0.0667. The summed E-state index contributed by atoms with van der Waals surface area (Å²) in [6.45, 7) is 0. The Bertz CT molecular complexity index is 517. The second-order valence-corrected chi connectivity index (χ2v) is 4.11. The lowest BCUT2D eigenvalue weighted by atomic mass is 10.1. The number of hydrazine groups is 1. The maximum absolute atomic E-state index is 11.6. The minimum atomic E-state index is -0.0555. The van der Waals surface area contributed by atoms with E-state index in [0.29, 0.717) is 6.42 Å². The highest BCUT2D eigenvalue weighted by Crippen LogP contribution is 2.03. The standard InChI is InChI=1S/C14H14N2O.CH3NS/c17-14(11-12-7-3-1-4-8-12)16-15-13-9-5-2-6-10-13;2-1-3/h1-10,15H,11H2,(H,16,17);1H,(H2,2,3). The van der Waals surface area contributed by atoms with Crippen molar-refractivity contribution in [3.05, 3.63) is 66.2 Å². The van der Waals surface area contributed by atoms with Crippen LogP contribution in [-0.2, 0) is 11.2 Å². The van der Waals surface area contributed by atoms with Crippen molar-refractivity contribution in [1.82, 2.24) is 5.43 Å². The van der Waals surface area contributed by atoms with E-state index in [2.05, 4.69) is 28.8 Å². The molecule has 0 aliphatic rings. The molecule has 0 saturated carbocycles. The van der Waals surface area contributed by atoms with Gasteiger partial charge in [-0.3, -0.25) is 15.6 Å². The highest BCUT2D eigenvalue weighted by Gasteiger charge is 2.01. The van der Waals surface area contributed by atoms with Gasteiger partial charge in [-0.25, -0.2) is 0 Å². The fourth-order valence-corrected chi connectivity index (χ4v) is 1.49. The van der Waals surface area contributed by atoms with Crippen molar-refractivity contribution in [2.75, 3.05) is 5.43 Å². The van der Waals surface area contributed by atoms with Gasteiger partial charge in [0, 0.05) is 0 Å². The number of anilines is 1. The summed E-state index contributed by atoms with van der Waals surface area (Å²) in [5.74, 6) is -0.0555. The van der Waals surface area contributed by atoms with Crippen molar-refractivity contribution in [2.45, 2.75) is 6.42 Å². The van der Waals surface area contributed by atoms with Gasteiger partial charge in [0.05, 0.1) is 17.6 Å². The van der Waals surface area contributed by atoms with Crippen molar-refractivity contribution in [1.29, 1.82) is 0 Å². The Hall–Kier alpha value is -2.40. The van der Waals surface area contributed by atoms with E-state index in [0.717, 1.165) is 16.7 Å². The quantitative estimate of drug-likeness (QED) is 0.596. The molecule has 0 aliphatic heterocycles. The Balaban J connectivity index is 0.000000612. The molecule has 0 bridgehead atoms. The molecule has 2 aromatic rings. The number of hydrogen-bond acceptors (Lipinski definition) is 3.